The van der Waals surface area contributed by atoms with Gasteiger partial charge in [-0.1, -0.05) is 28.8 Å². The van der Waals surface area contributed by atoms with Gasteiger partial charge < -0.3 is 10.6 Å². The molecule has 21 heavy (non-hydrogen) atoms. The summed E-state index contributed by atoms with van der Waals surface area (Å²) in [6.45, 7) is 2.37. The van der Waals surface area contributed by atoms with Gasteiger partial charge in [0.1, 0.15) is 0 Å². The van der Waals surface area contributed by atoms with E-state index >= 15 is 0 Å². The summed E-state index contributed by atoms with van der Waals surface area (Å²) < 4.78 is 1.02. The highest BCUT2D eigenvalue weighted by molar-refractivity contribution is 9.10. The van der Waals surface area contributed by atoms with Crippen molar-refractivity contribution in [2.24, 2.45) is 5.92 Å². The first-order valence-corrected chi connectivity index (χ1v) is 8.19. The fraction of sp³-hybridized carbons (Fsp3) is 0.500. The van der Waals surface area contributed by atoms with Crippen LogP contribution in [-0.4, -0.2) is 18.4 Å². The van der Waals surface area contributed by atoms with Gasteiger partial charge in [0, 0.05) is 29.0 Å². The van der Waals surface area contributed by atoms with E-state index < -0.39 is 0 Å². The van der Waals surface area contributed by atoms with Crippen LogP contribution in [-0.2, 0) is 9.59 Å². The van der Waals surface area contributed by atoms with Crippen molar-refractivity contribution in [1.29, 1.82) is 0 Å². The van der Waals surface area contributed by atoms with E-state index in [4.69, 9.17) is 0 Å². The van der Waals surface area contributed by atoms with Crippen LogP contribution in [0, 0.1) is 12.8 Å². The van der Waals surface area contributed by atoms with Crippen LogP contribution in [0.3, 0.4) is 0 Å². The molecule has 0 heterocycles. The standard InChI is InChI=1S/C16H21BrN2O2/c1-11-10-13(6-7-14(11)17)19-15(20)8-9-18-16(21)12-4-2-3-5-12/h6-7,10,12H,2-5,8-9H2,1H3,(H,18,21)(H,19,20). The second-order valence-corrected chi connectivity index (χ2v) is 6.39. The van der Waals surface area contributed by atoms with Gasteiger partial charge in [-0.2, -0.15) is 0 Å². The Labute approximate surface area is 133 Å². The van der Waals surface area contributed by atoms with Crippen molar-refractivity contribution >= 4 is 33.4 Å². The highest BCUT2D eigenvalue weighted by Gasteiger charge is 2.22. The second-order valence-electron chi connectivity index (χ2n) is 5.53. The quantitative estimate of drug-likeness (QED) is 0.853. The average molecular weight is 353 g/mol. The van der Waals surface area contributed by atoms with Crippen LogP contribution in [0.2, 0.25) is 0 Å². The summed E-state index contributed by atoms with van der Waals surface area (Å²) in [5, 5.41) is 5.70. The van der Waals surface area contributed by atoms with Crippen LogP contribution < -0.4 is 10.6 Å². The summed E-state index contributed by atoms with van der Waals surface area (Å²) in [5.74, 6) is 0.172. The van der Waals surface area contributed by atoms with Crippen molar-refractivity contribution in [3.05, 3.63) is 28.2 Å². The summed E-state index contributed by atoms with van der Waals surface area (Å²) in [4.78, 5) is 23.7. The van der Waals surface area contributed by atoms with Crippen LogP contribution in [0.15, 0.2) is 22.7 Å². The monoisotopic (exact) mass is 352 g/mol. The van der Waals surface area contributed by atoms with Crippen LogP contribution in [0.25, 0.3) is 0 Å². The summed E-state index contributed by atoms with van der Waals surface area (Å²) in [5.41, 5.74) is 1.85. The first kappa shape index (κ1) is 16.0. The summed E-state index contributed by atoms with van der Waals surface area (Å²) in [7, 11) is 0. The number of halogens is 1. The maximum Gasteiger partial charge on any atom is 0.226 e. The molecule has 0 saturated heterocycles. The molecule has 1 aliphatic carbocycles. The van der Waals surface area contributed by atoms with E-state index in [1.54, 1.807) is 0 Å². The van der Waals surface area contributed by atoms with Crippen LogP contribution in [0.4, 0.5) is 5.69 Å². The molecule has 2 N–H and O–H groups in total. The van der Waals surface area contributed by atoms with E-state index in [0.29, 0.717) is 13.0 Å². The predicted molar refractivity (Wildman–Crippen MR) is 87.1 cm³/mol. The Morgan fingerprint density at radius 2 is 2.00 bits per heavy atom. The summed E-state index contributed by atoms with van der Waals surface area (Å²) >= 11 is 3.43. The van der Waals surface area contributed by atoms with Crippen molar-refractivity contribution in [3.8, 4) is 0 Å². The van der Waals surface area contributed by atoms with Gasteiger partial charge in [-0.15, -0.1) is 0 Å². The number of aryl methyl sites for hydroxylation is 1. The Kier molecular flexibility index (Phi) is 5.79. The van der Waals surface area contributed by atoms with Gasteiger partial charge in [0.2, 0.25) is 11.8 Å². The molecule has 0 bridgehead atoms. The number of carbonyl (C=O) groups is 2. The Hall–Kier alpha value is -1.36. The second kappa shape index (κ2) is 7.59. The lowest BCUT2D eigenvalue weighted by Crippen LogP contribution is -2.32. The minimum atomic E-state index is -0.0801. The Balaban J connectivity index is 1.71. The number of rotatable bonds is 5. The fourth-order valence-electron chi connectivity index (χ4n) is 2.58. The number of carbonyl (C=O) groups excluding carboxylic acids is 2. The number of anilines is 1. The highest BCUT2D eigenvalue weighted by Crippen LogP contribution is 2.24. The zero-order valence-electron chi connectivity index (χ0n) is 12.2. The zero-order chi connectivity index (χ0) is 15.2. The van der Waals surface area contributed by atoms with E-state index in [-0.39, 0.29) is 17.7 Å². The van der Waals surface area contributed by atoms with E-state index in [1.165, 1.54) is 0 Å². The largest absolute Gasteiger partial charge is 0.355 e. The molecule has 2 amide bonds. The number of hydrogen-bond acceptors (Lipinski definition) is 2. The molecule has 1 aliphatic rings. The van der Waals surface area contributed by atoms with Gasteiger partial charge in [-0.25, -0.2) is 0 Å². The molecule has 2 rings (SSSR count). The normalized spacial score (nSPS) is 15.0. The number of benzene rings is 1. The summed E-state index contributed by atoms with van der Waals surface area (Å²) in [6, 6.07) is 5.68. The Morgan fingerprint density at radius 1 is 1.29 bits per heavy atom. The number of amides is 2. The van der Waals surface area contributed by atoms with Gasteiger partial charge in [0.15, 0.2) is 0 Å². The van der Waals surface area contributed by atoms with Crippen molar-refractivity contribution < 1.29 is 9.59 Å². The van der Waals surface area contributed by atoms with E-state index in [2.05, 4.69) is 26.6 Å². The zero-order valence-corrected chi connectivity index (χ0v) is 13.8. The molecule has 114 valence electrons. The lowest BCUT2D eigenvalue weighted by atomic mass is 10.1. The SMILES string of the molecule is Cc1cc(NC(=O)CCNC(=O)C2CCCC2)ccc1Br. The maximum absolute atomic E-state index is 11.8. The lowest BCUT2D eigenvalue weighted by molar-refractivity contribution is -0.124. The molecule has 5 heteroatoms. The molecule has 0 aromatic heterocycles. The first-order valence-electron chi connectivity index (χ1n) is 7.40. The molecule has 0 aliphatic heterocycles. The van der Waals surface area contributed by atoms with E-state index in [1.807, 2.05) is 25.1 Å². The van der Waals surface area contributed by atoms with Gasteiger partial charge in [-0.3, -0.25) is 9.59 Å². The van der Waals surface area contributed by atoms with Gasteiger partial charge in [0.05, 0.1) is 0 Å². The third kappa shape index (κ3) is 4.84. The van der Waals surface area contributed by atoms with Crippen molar-refractivity contribution in [3.63, 3.8) is 0 Å². The van der Waals surface area contributed by atoms with Crippen LogP contribution >= 0.6 is 15.9 Å². The third-order valence-corrected chi connectivity index (χ3v) is 4.71. The van der Waals surface area contributed by atoms with Crippen molar-refractivity contribution in [2.45, 2.75) is 39.0 Å². The van der Waals surface area contributed by atoms with Gasteiger partial charge >= 0.3 is 0 Å². The van der Waals surface area contributed by atoms with E-state index in [9.17, 15) is 9.59 Å². The molecule has 0 spiro atoms. The predicted octanol–water partition coefficient (Wildman–Crippen LogP) is 3.39. The fourth-order valence-corrected chi connectivity index (χ4v) is 2.82. The van der Waals surface area contributed by atoms with Crippen LogP contribution in [0.1, 0.15) is 37.7 Å². The van der Waals surface area contributed by atoms with E-state index in [0.717, 1.165) is 41.4 Å². The molecular weight excluding hydrogens is 332 g/mol. The molecule has 0 atom stereocenters. The molecule has 0 unspecified atom stereocenters. The molecule has 1 aromatic carbocycles. The van der Waals surface area contributed by atoms with Crippen molar-refractivity contribution in [2.75, 3.05) is 11.9 Å². The number of nitrogens with one attached hydrogen (secondary N) is 2. The minimum Gasteiger partial charge on any atom is -0.355 e. The Morgan fingerprint density at radius 3 is 2.67 bits per heavy atom. The van der Waals surface area contributed by atoms with Crippen molar-refractivity contribution in [1.82, 2.24) is 5.32 Å². The minimum absolute atomic E-state index is 0.0801. The first-order chi connectivity index (χ1) is 10.1. The molecule has 1 aromatic rings. The van der Waals surface area contributed by atoms with Gasteiger partial charge in [-0.05, 0) is 43.5 Å². The molecule has 0 radical (unpaired) electrons. The highest BCUT2D eigenvalue weighted by atomic mass is 79.9. The molecule has 1 saturated carbocycles. The Bertz CT molecular complexity index is 525. The summed E-state index contributed by atoms with van der Waals surface area (Å²) in [6.07, 6.45) is 4.54. The lowest BCUT2D eigenvalue weighted by Gasteiger charge is -2.10. The maximum atomic E-state index is 11.8. The van der Waals surface area contributed by atoms with Gasteiger partial charge in [0.25, 0.3) is 0 Å². The third-order valence-electron chi connectivity index (χ3n) is 3.82. The smallest absolute Gasteiger partial charge is 0.226 e. The van der Waals surface area contributed by atoms with Crippen LogP contribution in [0.5, 0.6) is 0 Å². The molecular formula is C16H21BrN2O2. The molecule has 1 fully saturated rings. The average Bonchev–Trinajstić information content (AvgIpc) is 2.97. The molecule has 4 nitrogen and oxygen atoms in total. The topological polar surface area (TPSA) is 58.2 Å². The number of hydrogen-bond donors (Lipinski definition) is 2.